The molecule has 0 radical (unpaired) electrons. The molecule has 98 valence electrons. The number of hydrogen-bond acceptors (Lipinski definition) is 3. The van der Waals surface area contributed by atoms with Gasteiger partial charge in [-0.3, -0.25) is 4.79 Å². The molecule has 3 rings (SSSR count). The van der Waals surface area contributed by atoms with Crippen molar-refractivity contribution in [3.8, 4) is 0 Å². The van der Waals surface area contributed by atoms with E-state index in [9.17, 15) is 4.79 Å². The number of benzene rings is 1. The summed E-state index contributed by atoms with van der Waals surface area (Å²) < 4.78 is 1.76. The second-order valence-electron chi connectivity index (χ2n) is 4.79. The van der Waals surface area contributed by atoms with Gasteiger partial charge in [0.25, 0.3) is 5.91 Å². The Morgan fingerprint density at radius 2 is 2.32 bits per heavy atom. The van der Waals surface area contributed by atoms with Gasteiger partial charge in [-0.25, -0.2) is 4.98 Å². The van der Waals surface area contributed by atoms with Crippen molar-refractivity contribution in [1.82, 2.24) is 14.9 Å². The van der Waals surface area contributed by atoms with Gasteiger partial charge in [-0.1, -0.05) is 6.07 Å². The topological polar surface area (TPSA) is 59.0 Å². The molecule has 0 atom stereocenters. The van der Waals surface area contributed by atoms with Crippen LogP contribution in [-0.2, 0) is 20.0 Å². The van der Waals surface area contributed by atoms with Crippen molar-refractivity contribution < 1.29 is 4.79 Å². The maximum absolute atomic E-state index is 12.0. The SMILES string of the molecule is Cn1cnc(C(=O)Nc2ccc3c(c2)CNCC3)c1. The summed E-state index contributed by atoms with van der Waals surface area (Å²) in [6, 6.07) is 6.07. The Labute approximate surface area is 111 Å². The molecule has 19 heavy (non-hydrogen) atoms. The average molecular weight is 256 g/mol. The third kappa shape index (κ3) is 2.51. The van der Waals surface area contributed by atoms with E-state index in [4.69, 9.17) is 0 Å². The fourth-order valence-corrected chi connectivity index (χ4v) is 2.28. The zero-order chi connectivity index (χ0) is 13.2. The molecule has 1 amide bonds. The minimum atomic E-state index is -0.177. The van der Waals surface area contributed by atoms with E-state index in [-0.39, 0.29) is 5.91 Å². The molecule has 0 saturated carbocycles. The smallest absolute Gasteiger partial charge is 0.275 e. The number of anilines is 1. The summed E-state index contributed by atoms with van der Waals surface area (Å²) >= 11 is 0. The van der Waals surface area contributed by atoms with Gasteiger partial charge in [0.15, 0.2) is 0 Å². The Kier molecular flexibility index (Phi) is 3.05. The van der Waals surface area contributed by atoms with Crippen molar-refractivity contribution in [2.45, 2.75) is 13.0 Å². The van der Waals surface area contributed by atoms with Crippen LogP contribution in [0.2, 0.25) is 0 Å². The number of hydrogen-bond donors (Lipinski definition) is 2. The Hall–Kier alpha value is -2.14. The largest absolute Gasteiger partial charge is 0.340 e. The number of fused-ring (bicyclic) bond motifs is 1. The van der Waals surface area contributed by atoms with Crippen LogP contribution in [0.1, 0.15) is 21.6 Å². The highest BCUT2D eigenvalue weighted by Gasteiger charge is 2.12. The van der Waals surface area contributed by atoms with E-state index in [0.717, 1.165) is 25.2 Å². The third-order valence-electron chi connectivity index (χ3n) is 3.29. The van der Waals surface area contributed by atoms with Crippen LogP contribution in [0.3, 0.4) is 0 Å². The number of aromatic nitrogens is 2. The van der Waals surface area contributed by atoms with Crippen LogP contribution in [0, 0.1) is 0 Å². The maximum atomic E-state index is 12.0. The van der Waals surface area contributed by atoms with Gasteiger partial charge in [0.2, 0.25) is 0 Å². The van der Waals surface area contributed by atoms with E-state index >= 15 is 0 Å². The molecular formula is C14H16N4O. The standard InChI is InChI=1S/C14H16N4O/c1-18-8-13(16-9-18)14(19)17-12-3-2-10-4-5-15-7-11(10)6-12/h2-3,6,8-9,15H,4-5,7H2,1H3,(H,17,19). The summed E-state index contributed by atoms with van der Waals surface area (Å²) in [7, 11) is 1.84. The molecule has 0 fully saturated rings. The van der Waals surface area contributed by atoms with Gasteiger partial charge in [-0.2, -0.15) is 0 Å². The Morgan fingerprint density at radius 3 is 3.11 bits per heavy atom. The van der Waals surface area contributed by atoms with Crippen molar-refractivity contribution >= 4 is 11.6 Å². The highest BCUT2D eigenvalue weighted by Crippen LogP contribution is 2.19. The lowest BCUT2D eigenvalue weighted by Gasteiger charge is -2.17. The summed E-state index contributed by atoms with van der Waals surface area (Å²) in [6.45, 7) is 1.88. The van der Waals surface area contributed by atoms with Crippen LogP contribution in [0.4, 0.5) is 5.69 Å². The van der Waals surface area contributed by atoms with Crippen molar-refractivity contribution in [3.05, 3.63) is 47.5 Å². The number of nitrogens with zero attached hydrogens (tertiary/aromatic N) is 2. The molecule has 1 aromatic heterocycles. The number of aryl methyl sites for hydroxylation is 1. The second kappa shape index (κ2) is 4.85. The highest BCUT2D eigenvalue weighted by atomic mass is 16.1. The molecule has 5 heteroatoms. The summed E-state index contributed by atoms with van der Waals surface area (Å²) in [4.78, 5) is 16.0. The lowest BCUT2D eigenvalue weighted by atomic mass is 10.0. The first-order chi connectivity index (χ1) is 9.22. The fraction of sp³-hybridized carbons (Fsp3) is 0.286. The first kappa shape index (κ1) is 11.9. The zero-order valence-electron chi connectivity index (χ0n) is 10.8. The molecule has 2 N–H and O–H groups in total. The molecule has 0 unspecified atom stereocenters. The van der Waals surface area contributed by atoms with Gasteiger partial charge < -0.3 is 15.2 Å². The Bertz CT molecular complexity index is 618. The number of carbonyl (C=O) groups is 1. The van der Waals surface area contributed by atoms with Crippen LogP contribution >= 0.6 is 0 Å². The minimum Gasteiger partial charge on any atom is -0.340 e. The van der Waals surface area contributed by atoms with Crippen molar-refractivity contribution in [3.63, 3.8) is 0 Å². The van der Waals surface area contributed by atoms with Crippen LogP contribution in [0.15, 0.2) is 30.7 Å². The minimum absolute atomic E-state index is 0.177. The van der Waals surface area contributed by atoms with Crippen molar-refractivity contribution in [2.24, 2.45) is 7.05 Å². The molecule has 2 heterocycles. The molecule has 1 aliphatic heterocycles. The van der Waals surface area contributed by atoms with Crippen LogP contribution < -0.4 is 10.6 Å². The van der Waals surface area contributed by atoms with Crippen molar-refractivity contribution in [2.75, 3.05) is 11.9 Å². The normalized spacial score (nSPS) is 13.9. The first-order valence-electron chi connectivity index (χ1n) is 6.34. The predicted molar refractivity (Wildman–Crippen MR) is 73.0 cm³/mol. The molecule has 1 aromatic carbocycles. The number of nitrogens with one attached hydrogen (secondary N) is 2. The molecule has 0 spiro atoms. The lowest BCUT2D eigenvalue weighted by Crippen LogP contribution is -2.23. The third-order valence-corrected chi connectivity index (χ3v) is 3.29. The lowest BCUT2D eigenvalue weighted by molar-refractivity contribution is 0.102. The van der Waals surface area contributed by atoms with E-state index in [2.05, 4.69) is 21.7 Å². The molecule has 1 aliphatic rings. The summed E-state index contributed by atoms with van der Waals surface area (Å²) in [5.74, 6) is -0.177. The van der Waals surface area contributed by atoms with Crippen LogP contribution in [0.5, 0.6) is 0 Å². The van der Waals surface area contributed by atoms with E-state index in [1.54, 1.807) is 17.1 Å². The average Bonchev–Trinajstić information content (AvgIpc) is 2.85. The fourth-order valence-electron chi connectivity index (χ4n) is 2.28. The molecular weight excluding hydrogens is 240 g/mol. The van der Waals surface area contributed by atoms with Gasteiger partial charge in [0.1, 0.15) is 5.69 Å². The molecule has 2 aromatic rings. The summed E-state index contributed by atoms with van der Waals surface area (Å²) in [6.07, 6.45) is 4.37. The van der Waals surface area contributed by atoms with Gasteiger partial charge in [0.05, 0.1) is 6.33 Å². The number of amides is 1. The second-order valence-corrected chi connectivity index (χ2v) is 4.79. The monoisotopic (exact) mass is 256 g/mol. The summed E-state index contributed by atoms with van der Waals surface area (Å²) in [5, 5.41) is 6.21. The Morgan fingerprint density at radius 1 is 1.42 bits per heavy atom. The van der Waals surface area contributed by atoms with Crippen molar-refractivity contribution in [1.29, 1.82) is 0 Å². The maximum Gasteiger partial charge on any atom is 0.275 e. The van der Waals surface area contributed by atoms with Gasteiger partial charge in [0, 0.05) is 25.5 Å². The number of imidazole rings is 1. The highest BCUT2D eigenvalue weighted by molar-refractivity contribution is 6.02. The van der Waals surface area contributed by atoms with E-state index in [1.807, 2.05) is 19.2 Å². The summed E-state index contributed by atoms with van der Waals surface area (Å²) in [5.41, 5.74) is 3.86. The number of rotatable bonds is 2. The van der Waals surface area contributed by atoms with Crippen LogP contribution in [-0.4, -0.2) is 22.0 Å². The van der Waals surface area contributed by atoms with Gasteiger partial charge >= 0.3 is 0 Å². The van der Waals surface area contributed by atoms with E-state index in [1.165, 1.54) is 11.1 Å². The Balaban J connectivity index is 1.78. The van der Waals surface area contributed by atoms with Gasteiger partial charge in [-0.15, -0.1) is 0 Å². The zero-order valence-corrected chi connectivity index (χ0v) is 10.8. The molecule has 0 aliphatic carbocycles. The predicted octanol–water partition coefficient (Wildman–Crippen LogP) is 1.32. The van der Waals surface area contributed by atoms with Crippen LogP contribution in [0.25, 0.3) is 0 Å². The molecule has 0 saturated heterocycles. The van der Waals surface area contributed by atoms with E-state index in [0.29, 0.717) is 5.69 Å². The molecule has 0 bridgehead atoms. The first-order valence-corrected chi connectivity index (χ1v) is 6.34. The molecule has 5 nitrogen and oxygen atoms in total. The number of carbonyl (C=O) groups excluding carboxylic acids is 1. The van der Waals surface area contributed by atoms with Gasteiger partial charge in [-0.05, 0) is 36.2 Å². The van der Waals surface area contributed by atoms with E-state index < -0.39 is 0 Å². The quantitative estimate of drug-likeness (QED) is 0.852.